The smallest absolute Gasteiger partial charge is 0.269 e. The maximum absolute atomic E-state index is 12.2. The molecule has 7 nitrogen and oxygen atoms in total. The average Bonchev–Trinajstić information content (AvgIpc) is 3.21. The fraction of sp³-hybridized carbons (Fsp3) is 0.375. The Morgan fingerprint density at radius 2 is 2.17 bits per heavy atom. The fourth-order valence-corrected chi connectivity index (χ4v) is 3.28. The van der Waals surface area contributed by atoms with Crippen molar-refractivity contribution in [3.05, 3.63) is 39.2 Å². The van der Waals surface area contributed by atoms with Gasteiger partial charge < -0.3 is 5.32 Å². The van der Waals surface area contributed by atoms with Gasteiger partial charge in [0.15, 0.2) is 0 Å². The maximum Gasteiger partial charge on any atom is 0.269 e. The van der Waals surface area contributed by atoms with E-state index in [0.29, 0.717) is 12.2 Å². The lowest BCUT2D eigenvalue weighted by Gasteiger charge is -2.01. The Bertz CT molecular complexity index is 875. The molecule has 0 saturated heterocycles. The summed E-state index contributed by atoms with van der Waals surface area (Å²) in [7, 11) is 1.90. The molecule has 24 heavy (non-hydrogen) atoms. The molecular weight excluding hydrogens is 324 g/mol. The van der Waals surface area contributed by atoms with Gasteiger partial charge in [-0.3, -0.25) is 14.6 Å². The molecule has 0 saturated carbocycles. The zero-order valence-corrected chi connectivity index (χ0v) is 15.0. The Hall–Kier alpha value is -2.48. The van der Waals surface area contributed by atoms with Crippen LogP contribution in [-0.2, 0) is 13.5 Å². The first-order valence-electron chi connectivity index (χ1n) is 7.71. The number of thiazole rings is 1. The lowest BCUT2D eigenvalue weighted by Crippen LogP contribution is -2.26. The number of aryl methyl sites for hydroxylation is 3. The van der Waals surface area contributed by atoms with Crippen LogP contribution in [0.5, 0.6) is 0 Å². The number of nitrogens with zero attached hydrogens (tertiary/aromatic N) is 4. The Balaban J connectivity index is 1.65. The highest BCUT2D eigenvalue weighted by atomic mass is 32.1. The fourth-order valence-electron chi connectivity index (χ4n) is 2.63. The van der Waals surface area contributed by atoms with Crippen molar-refractivity contribution in [3.8, 4) is 11.3 Å². The molecular formula is C16H20N6OS. The number of hydrogen-bond acceptors (Lipinski definition) is 5. The van der Waals surface area contributed by atoms with E-state index in [0.717, 1.165) is 39.8 Å². The van der Waals surface area contributed by atoms with Gasteiger partial charge in [0.2, 0.25) is 0 Å². The number of aromatic amines is 1. The lowest BCUT2D eigenvalue weighted by atomic mass is 10.1. The molecule has 3 rings (SSSR count). The van der Waals surface area contributed by atoms with Gasteiger partial charge in [0.05, 0.1) is 22.1 Å². The van der Waals surface area contributed by atoms with Crippen LogP contribution < -0.4 is 5.32 Å². The highest BCUT2D eigenvalue weighted by Crippen LogP contribution is 2.25. The van der Waals surface area contributed by atoms with Gasteiger partial charge in [-0.25, -0.2) is 4.98 Å². The summed E-state index contributed by atoms with van der Waals surface area (Å²) in [6, 6.07) is 1.76. The van der Waals surface area contributed by atoms with Gasteiger partial charge in [0.25, 0.3) is 5.91 Å². The SMILES string of the molecule is Cc1nc(CCNC(=O)c2cc(-c3c(C)nn(C)c3C)n[nH]2)cs1. The average molecular weight is 344 g/mol. The van der Waals surface area contributed by atoms with E-state index in [2.05, 4.69) is 25.6 Å². The first-order valence-corrected chi connectivity index (χ1v) is 8.59. The van der Waals surface area contributed by atoms with E-state index in [1.807, 2.05) is 37.9 Å². The number of aromatic nitrogens is 5. The maximum atomic E-state index is 12.2. The van der Waals surface area contributed by atoms with Gasteiger partial charge in [0.1, 0.15) is 5.69 Å². The minimum Gasteiger partial charge on any atom is -0.350 e. The molecule has 0 radical (unpaired) electrons. The standard InChI is InChI=1S/C16H20N6OS/c1-9-15(10(2)22(4)21-9)13-7-14(20-19-13)16(23)17-6-5-12-8-24-11(3)18-12/h7-8H,5-6H2,1-4H3,(H,17,23)(H,19,20). The molecule has 126 valence electrons. The van der Waals surface area contributed by atoms with Crippen LogP contribution in [0.15, 0.2) is 11.4 Å². The number of carbonyl (C=O) groups is 1. The number of hydrogen-bond donors (Lipinski definition) is 2. The Morgan fingerprint density at radius 1 is 1.38 bits per heavy atom. The number of nitrogens with one attached hydrogen (secondary N) is 2. The van der Waals surface area contributed by atoms with E-state index >= 15 is 0 Å². The third kappa shape index (κ3) is 3.23. The molecule has 0 aliphatic heterocycles. The first kappa shape index (κ1) is 16.4. The van der Waals surface area contributed by atoms with E-state index in [4.69, 9.17) is 0 Å². The van der Waals surface area contributed by atoms with Crippen LogP contribution in [0.25, 0.3) is 11.3 Å². The summed E-state index contributed by atoms with van der Waals surface area (Å²) in [6.07, 6.45) is 0.720. The van der Waals surface area contributed by atoms with Gasteiger partial charge in [-0.05, 0) is 26.8 Å². The summed E-state index contributed by atoms with van der Waals surface area (Å²) < 4.78 is 1.81. The molecule has 2 N–H and O–H groups in total. The van der Waals surface area contributed by atoms with Crippen LogP contribution in [0.3, 0.4) is 0 Å². The van der Waals surface area contributed by atoms with Gasteiger partial charge in [-0.1, -0.05) is 0 Å². The van der Waals surface area contributed by atoms with Crippen molar-refractivity contribution in [2.45, 2.75) is 27.2 Å². The molecule has 0 bridgehead atoms. The molecule has 0 unspecified atom stereocenters. The van der Waals surface area contributed by atoms with Crippen molar-refractivity contribution in [1.29, 1.82) is 0 Å². The van der Waals surface area contributed by atoms with E-state index in [1.54, 1.807) is 17.4 Å². The van der Waals surface area contributed by atoms with Crippen LogP contribution in [0.4, 0.5) is 0 Å². The van der Waals surface area contributed by atoms with Crippen molar-refractivity contribution >= 4 is 17.2 Å². The van der Waals surface area contributed by atoms with E-state index in [9.17, 15) is 4.79 Å². The second-order valence-corrected chi connectivity index (χ2v) is 6.76. The normalized spacial score (nSPS) is 11.0. The van der Waals surface area contributed by atoms with Gasteiger partial charge >= 0.3 is 0 Å². The van der Waals surface area contributed by atoms with E-state index < -0.39 is 0 Å². The molecule has 3 aromatic rings. The van der Waals surface area contributed by atoms with Crippen molar-refractivity contribution in [2.24, 2.45) is 7.05 Å². The zero-order chi connectivity index (χ0) is 17.3. The summed E-state index contributed by atoms with van der Waals surface area (Å²) in [6.45, 7) is 6.44. The second-order valence-electron chi connectivity index (χ2n) is 5.70. The Morgan fingerprint density at radius 3 is 2.79 bits per heavy atom. The summed E-state index contributed by atoms with van der Waals surface area (Å²) in [5, 5.41) is 17.4. The minimum absolute atomic E-state index is 0.167. The van der Waals surface area contributed by atoms with Crippen molar-refractivity contribution in [3.63, 3.8) is 0 Å². The van der Waals surface area contributed by atoms with Gasteiger partial charge in [-0.15, -0.1) is 11.3 Å². The monoisotopic (exact) mass is 344 g/mol. The van der Waals surface area contributed by atoms with Gasteiger partial charge in [0, 0.05) is 36.7 Å². The van der Waals surface area contributed by atoms with Crippen LogP contribution >= 0.6 is 11.3 Å². The van der Waals surface area contributed by atoms with Crippen LogP contribution in [0, 0.1) is 20.8 Å². The molecule has 0 aromatic carbocycles. The lowest BCUT2D eigenvalue weighted by molar-refractivity contribution is 0.0949. The molecule has 0 atom stereocenters. The molecule has 0 aliphatic carbocycles. The Kier molecular flexibility index (Phi) is 4.48. The second kappa shape index (κ2) is 6.56. The first-order chi connectivity index (χ1) is 11.5. The third-order valence-corrected chi connectivity index (χ3v) is 4.74. The number of carbonyl (C=O) groups excluding carboxylic acids is 1. The third-order valence-electron chi connectivity index (χ3n) is 3.92. The largest absolute Gasteiger partial charge is 0.350 e. The summed E-state index contributed by atoms with van der Waals surface area (Å²) >= 11 is 1.62. The number of amides is 1. The van der Waals surface area contributed by atoms with Crippen LogP contribution in [0.2, 0.25) is 0 Å². The zero-order valence-electron chi connectivity index (χ0n) is 14.2. The van der Waals surface area contributed by atoms with Crippen LogP contribution in [0.1, 0.15) is 32.6 Å². The van der Waals surface area contributed by atoms with Crippen molar-refractivity contribution in [1.82, 2.24) is 30.3 Å². The van der Waals surface area contributed by atoms with Crippen LogP contribution in [-0.4, -0.2) is 37.4 Å². The van der Waals surface area contributed by atoms with Gasteiger partial charge in [-0.2, -0.15) is 10.2 Å². The van der Waals surface area contributed by atoms with E-state index in [1.165, 1.54) is 0 Å². The molecule has 1 amide bonds. The number of rotatable bonds is 5. The summed E-state index contributed by atoms with van der Waals surface area (Å²) in [5.41, 5.74) is 5.06. The number of H-pyrrole nitrogens is 1. The molecule has 0 aliphatic rings. The van der Waals surface area contributed by atoms with Crippen molar-refractivity contribution < 1.29 is 4.79 Å². The molecule has 0 fully saturated rings. The Labute approximate surface area is 144 Å². The highest BCUT2D eigenvalue weighted by molar-refractivity contribution is 7.09. The molecule has 8 heteroatoms. The highest BCUT2D eigenvalue weighted by Gasteiger charge is 2.17. The minimum atomic E-state index is -0.167. The van der Waals surface area contributed by atoms with Crippen molar-refractivity contribution in [2.75, 3.05) is 6.54 Å². The topological polar surface area (TPSA) is 88.5 Å². The molecule has 3 heterocycles. The predicted molar refractivity (Wildman–Crippen MR) is 93.2 cm³/mol. The molecule has 0 spiro atoms. The predicted octanol–water partition coefficient (Wildman–Crippen LogP) is 2.16. The molecule has 3 aromatic heterocycles. The summed E-state index contributed by atoms with van der Waals surface area (Å²) in [4.78, 5) is 16.6. The van der Waals surface area contributed by atoms with E-state index in [-0.39, 0.29) is 5.91 Å². The quantitative estimate of drug-likeness (QED) is 0.742. The summed E-state index contributed by atoms with van der Waals surface area (Å²) in [5.74, 6) is -0.167.